The minimum Gasteiger partial charge on any atom is -0.480 e. The van der Waals surface area contributed by atoms with Gasteiger partial charge in [-0.3, -0.25) is 0 Å². The molecule has 2 amide bonds. The second-order valence-electron chi connectivity index (χ2n) is 4.74. The molecule has 0 saturated carbocycles. The Morgan fingerprint density at radius 3 is 2.50 bits per heavy atom. The van der Waals surface area contributed by atoms with Crippen molar-refractivity contribution >= 4 is 22.0 Å². The van der Waals surface area contributed by atoms with E-state index in [0.29, 0.717) is 0 Å². The summed E-state index contributed by atoms with van der Waals surface area (Å²) in [5.74, 6) is -1.26. The van der Waals surface area contributed by atoms with Crippen LogP contribution >= 0.6 is 0 Å². The second-order valence-corrected chi connectivity index (χ2v) is 6.79. The number of urea groups is 1. The predicted molar refractivity (Wildman–Crippen MR) is 69.8 cm³/mol. The number of carbonyl (C=O) groups is 2. The number of nitrogens with zero attached hydrogens (tertiary/aromatic N) is 1. The van der Waals surface area contributed by atoms with Crippen LogP contribution in [-0.4, -0.2) is 75.1 Å². The summed E-state index contributed by atoms with van der Waals surface area (Å²) in [4.78, 5) is 23.5. The quantitative estimate of drug-likeness (QED) is 0.521. The van der Waals surface area contributed by atoms with Crippen LogP contribution in [0, 0.1) is 0 Å². The first-order valence-electron chi connectivity index (χ1n) is 5.97. The Hall–Kier alpha value is -1.39. The summed E-state index contributed by atoms with van der Waals surface area (Å²) in [6.07, 6.45) is 0. The smallest absolute Gasteiger partial charge is 0.329 e. The number of hydrogen-bond acceptors (Lipinski definition) is 5. The van der Waals surface area contributed by atoms with Gasteiger partial charge in [0.05, 0.1) is 18.8 Å². The molecule has 0 radical (unpaired) electrons. The molecule has 0 aromatic rings. The van der Waals surface area contributed by atoms with Crippen molar-refractivity contribution < 1.29 is 27.9 Å². The van der Waals surface area contributed by atoms with Crippen LogP contribution < -0.4 is 10.0 Å². The molecule has 10 heteroatoms. The third kappa shape index (κ3) is 4.94. The van der Waals surface area contributed by atoms with Crippen molar-refractivity contribution in [3.05, 3.63) is 0 Å². The topological polar surface area (TPSA) is 125 Å². The zero-order valence-electron chi connectivity index (χ0n) is 11.4. The average Bonchev–Trinajstić information content (AvgIpc) is 2.32. The maximum atomic E-state index is 11.7. The van der Waals surface area contributed by atoms with Crippen LogP contribution in [0.5, 0.6) is 0 Å². The zero-order valence-corrected chi connectivity index (χ0v) is 12.2. The number of ether oxygens (including phenoxy) is 1. The average molecular weight is 309 g/mol. The maximum absolute atomic E-state index is 11.7. The van der Waals surface area contributed by atoms with Gasteiger partial charge in [-0.25, -0.2) is 22.7 Å². The highest BCUT2D eigenvalue weighted by atomic mass is 32.2. The fourth-order valence-corrected chi connectivity index (χ4v) is 2.31. The molecule has 0 spiro atoms. The van der Waals surface area contributed by atoms with Gasteiger partial charge in [0.1, 0.15) is 12.2 Å². The Kier molecular flexibility index (Phi) is 5.31. The number of carboxylic acid groups (broad SMARTS) is 1. The van der Waals surface area contributed by atoms with Gasteiger partial charge in [0.15, 0.2) is 0 Å². The lowest BCUT2D eigenvalue weighted by atomic mass is 9.97. The van der Waals surface area contributed by atoms with E-state index in [1.165, 1.54) is 11.9 Å². The molecule has 0 bridgehead atoms. The summed E-state index contributed by atoms with van der Waals surface area (Å²) in [5, 5.41) is 11.0. The van der Waals surface area contributed by atoms with Crippen LogP contribution in [0.25, 0.3) is 0 Å². The van der Waals surface area contributed by atoms with E-state index in [-0.39, 0.29) is 25.4 Å². The Morgan fingerprint density at radius 1 is 1.40 bits per heavy atom. The van der Waals surface area contributed by atoms with Gasteiger partial charge in [0.2, 0.25) is 10.0 Å². The van der Waals surface area contributed by atoms with E-state index >= 15 is 0 Å². The van der Waals surface area contributed by atoms with Crippen molar-refractivity contribution in [2.45, 2.75) is 12.5 Å². The minimum atomic E-state index is -3.34. The largest absolute Gasteiger partial charge is 0.480 e. The lowest BCUT2D eigenvalue weighted by Crippen LogP contribution is -2.65. The molecule has 1 aliphatic heterocycles. The second kappa shape index (κ2) is 6.37. The molecular weight excluding hydrogens is 290 g/mol. The van der Waals surface area contributed by atoms with E-state index in [2.05, 4.69) is 10.0 Å². The first-order valence-corrected chi connectivity index (χ1v) is 7.62. The van der Waals surface area contributed by atoms with Crippen molar-refractivity contribution in [2.24, 2.45) is 0 Å². The van der Waals surface area contributed by atoms with Crippen LogP contribution in [0.2, 0.25) is 0 Å². The molecule has 0 aromatic carbocycles. The summed E-state index contributed by atoms with van der Waals surface area (Å²) >= 11 is 0. The number of likely N-dealkylation sites (tertiary alicyclic amines) is 1. The highest BCUT2D eigenvalue weighted by Crippen LogP contribution is 2.24. The standard InChI is InChI=1S/C10H19N3O6S/c1-10(19-5-8(14)15)6-13(7-10)9(16)12-3-4-20(17,18)11-2/h11H,3-7H2,1-2H3,(H,12,16)(H,14,15). The molecule has 1 heterocycles. The summed E-state index contributed by atoms with van der Waals surface area (Å²) in [6.45, 7) is 1.85. The third-order valence-corrected chi connectivity index (χ3v) is 4.20. The van der Waals surface area contributed by atoms with Crippen LogP contribution in [0.3, 0.4) is 0 Å². The number of rotatable bonds is 7. The lowest BCUT2D eigenvalue weighted by Gasteiger charge is -2.46. The van der Waals surface area contributed by atoms with Gasteiger partial charge < -0.3 is 20.1 Å². The highest BCUT2D eigenvalue weighted by molar-refractivity contribution is 7.89. The van der Waals surface area contributed by atoms with E-state index in [0.717, 1.165) is 0 Å². The number of sulfonamides is 1. The summed E-state index contributed by atoms with van der Waals surface area (Å²) in [5.41, 5.74) is -0.660. The van der Waals surface area contributed by atoms with Gasteiger partial charge in [0.25, 0.3) is 0 Å². The predicted octanol–water partition coefficient (Wildman–Crippen LogP) is -1.58. The van der Waals surface area contributed by atoms with E-state index in [9.17, 15) is 18.0 Å². The number of nitrogens with one attached hydrogen (secondary N) is 2. The molecule has 20 heavy (non-hydrogen) atoms. The Labute approximate surface area is 117 Å². The monoisotopic (exact) mass is 309 g/mol. The molecule has 3 N–H and O–H groups in total. The van der Waals surface area contributed by atoms with Crippen LogP contribution in [0.15, 0.2) is 0 Å². The van der Waals surface area contributed by atoms with Crippen molar-refractivity contribution in [1.82, 2.24) is 14.9 Å². The molecule has 1 aliphatic rings. The summed E-state index contributed by atoms with van der Waals surface area (Å²) in [6, 6.07) is -0.396. The molecular formula is C10H19N3O6S. The molecule has 116 valence electrons. The number of amides is 2. The van der Waals surface area contributed by atoms with E-state index in [4.69, 9.17) is 9.84 Å². The highest BCUT2D eigenvalue weighted by Gasteiger charge is 2.42. The van der Waals surface area contributed by atoms with Gasteiger partial charge in [-0.1, -0.05) is 0 Å². The molecule has 0 unspecified atom stereocenters. The lowest BCUT2D eigenvalue weighted by molar-refractivity contribution is -0.159. The number of carboxylic acids is 1. The molecule has 1 fully saturated rings. The van der Waals surface area contributed by atoms with Gasteiger partial charge in [-0.05, 0) is 14.0 Å². The van der Waals surface area contributed by atoms with Gasteiger partial charge >= 0.3 is 12.0 Å². The SMILES string of the molecule is CNS(=O)(=O)CCNC(=O)N1CC(C)(OCC(=O)O)C1. The van der Waals surface area contributed by atoms with Crippen LogP contribution in [0.1, 0.15) is 6.92 Å². The summed E-state index contributed by atoms with van der Waals surface area (Å²) in [7, 11) is -2.04. The van der Waals surface area contributed by atoms with Gasteiger partial charge in [-0.15, -0.1) is 0 Å². The maximum Gasteiger partial charge on any atom is 0.329 e. The fourth-order valence-electron chi connectivity index (χ4n) is 1.74. The summed E-state index contributed by atoms with van der Waals surface area (Å²) < 4.78 is 29.6. The molecule has 1 rings (SSSR count). The first-order chi connectivity index (χ1) is 9.17. The Balaban J connectivity index is 2.26. The molecule has 1 saturated heterocycles. The normalized spacial score (nSPS) is 17.4. The van der Waals surface area contributed by atoms with Gasteiger partial charge in [0, 0.05) is 6.54 Å². The van der Waals surface area contributed by atoms with E-state index in [1.807, 2.05) is 0 Å². The van der Waals surface area contributed by atoms with Crippen LogP contribution in [-0.2, 0) is 19.6 Å². The zero-order chi connectivity index (χ0) is 15.4. The first kappa shape index (κ1) is 16.7. The Bertz CT molecular complexity index is 471. The van der Waals surface area contributed by atoms with Crippen molar-refractivity contribution in [3.63, 3.8) is 0 Å². The van der Waals surface area contributed by atoms with Gasteiger partial charge in [-0.2, -0.15) is 0 Å². The fraction of sp³-hybridized carbons (Fsp3) is 0.800. The molecule has 0 atom stereocenters. The van der Waals surface area contributed by atoms with E-state index in [1.54, 1.807) is 6.92 Å². The minimum absolute atomic E-state index is 0.00516. The van der Waals surface area contributed by atoms with Crippen molar-refractivity contribution in [1.29, 1.82) is 0 Å². The molecule has 0 aliphatic carbocycles. The Morgan fingerprint density at radius 2 is 2.00 bits per heavy atom. The molecule has 9 nitrogen and oxygen atoms in total. The number of aliphatic carboxylic acids is 1. The van der Waals surface area contributed by atoms with Crippen molar-refractivity contribution in [3.8, 4) is 0 Å². The number of hydrogen-bond donors (Lipinski definition) is 3. The van der Waals surface area contributed by atoms with Crippen LogP contribution in [0.4, 0.5) is 4.79 Å². The number of carbonyl (C=O) groups excluding carboxylic acids is 1. The molecule has 0 aromatic heterocycles. The van der Waals surface area contributed by atoms with Crippen molar-refractivity contribution in [2.75, 3.05) is 39.0 Å². The van der Waals surface area contributed by atoms with E-state index < -0.39 is 34.2 Å². The third-order valence-electron chi connectivity index (χ3n) is 2.84.